The predicted octanol–water partition coefficient (Wildman–Crippen LogP) is 2.76. The van der Waals surface area contributed by atoms with Gasteiger partial charge in [0.1, 0.15) is 16.6 Å². The molecular formula is C12H9ClFN3O2. The van der Waals surface area contributed by atoms with E-state index >= 15 is 0 Å². The Labute approximate surface area is 113 Å². The Morgan fingerprint density at radius 2 is 2.00 bits per heavy atom. The fraction of sp³-hybridized carbons (Fsp3) is 0. The molecule has 1 aromatic carbocycles. The van der Waals surface area contributed by atoms with Gasteiger partial charge >= 0.3 is 0 Å². The van der Waals surface area contributed by atoms with Gasteiger partial charge in [-0.15, -0.1) is 0 Å². The van der Waals surface area contributed by atoms with Crippen LogP contribution in [0.25, 0.3) is 0 Å². The highest BCUT2D eigenvalue weighted by molar-refractivity contribution is 6.35. The summed E-state index contributed by atoms with van der Waals surface area (Å²) in [6, 6.07) is 6.84. The van der Waals surface area contributed by atoms with Gasteiger partial charge in [0.25, 0.3) is 0 Å². The van der Waals surface area contributed by atoms with Gasteiger partial charge in [0, 0.05) is 11.8 Å². The Morgan fingerprint density at radius 1 is 1.32 bits per heavy atom. The highest BCUT2D eigenvalue weighted by atomic mass is 35.5. The van der Waals surface area contributed by atoms with Crippen molar-refractivity contribution in [3.63, 3.8) is 0 Å². The molecule has 98 valence electrons. The first kappa shape index (κ1) is 13.1. The standard InChI is InChI=1S/C12H9ClFN3O2/c13-10-9(11(15)17-18)5-6-16-12(10)19-8-3-1-7(14)2-4-8/h1-6,18H,(H2,15,17). The monoisotopic (exact) mass is 281 g/mol. The van der Waals surface area contributed by atoms with Crippen molar-refractivity contribution in [3.8, 4) is 11.6 Å². The minimum Gasteiger partial charge on any atom is -0.438 e. The topological polar surface area (TPSA) is 80.7 Å². The SMILES string of the molecule is N/C(=N/O)c1ccnc(Oc2ccc(F)cc2)c1Cl. The van der Waals surface area contributed by atoms with Crippen LogP contribution in [0, 0.1) is 5.82 Å². The van der Waals surface area contributed by atoms with Crippen molar-refractivity contribution in [2.45, 2.75) is 0 Å². The van der Waals surface area contributed by atoms with E-state index in [0.29, 0.717) is 5.75 Å². The van der Waals surface area contributed by atoms with Gasteiger partial charge < -0.3 is 15.7 Å². The van der Waals surface area contributed by atoms with E-state index in [9.17, 15) is 4.39 Å². The lowest BCUT2D eigenvalue weighted by molar-refractivity contribution is 0.318. The smallest absolute Gasteiger partial charge is 0.238 e. The molecule has 0 saturated heterocycles. The van der Waals surface area contributed by atoms with Gasteiger partial charge in [0.05, 0.1) is 0 Å². The molecule has 7 heteroatoms. The minimum absolute atomic E-state index is 0.0809. The Hall–Kier alpha value is -2.34. The summed E-state index contributed by atoms with van der Waals surface area (Å²) >= 11 is 6.03. The molecule has 0 bridgehead atoms. The molecule has 0 saturated carbocycles. The number of aromatic nitrogens is 1. The minimum atomic E-state index is -0.378. The molecule has 0 fully saturated rings. The maximum atomic E-state index is 12.8. The highest BCUT2D eigenvalue weighted by Crippen LogP contribution is 2.29. The van der Waals surface area contributed by atoms with Gasteiger partial charge in [-0.3, -0.25) is 0 Å². The molecule has 2 rings (SSSR count). The zero-order valence-electron chi connectivity index (χ0n) is 9.55. The second-order valence-electron chi connectivity index (χ2n) is 3.52. The molecule has 1 heterocycles. The van der Waals surface area contributed by atoms with Crippen molar-refractivity contribution in [1.82, 2.24) is 4.98 Å². The number of ether oxygens (including phenoxy) is 1. The summed E-state index contributed by atoms with van der Waals surface area (Å²) in [6.45, 7) is 0. The molecule has 0 unspecified atom stereocenters. The quantitative estimate of drug-likeness (QED) is 0.392. The van der Waals surface area contributed by atoms with Gasteiger partial charge in [0.2, 0.25) is 5.88 Å². The first-order valence-electron chi connectivity index (χ1n) is 5.17. The van der Waals surface area contributed by atoms with Crippen molar-refractivity contribution >= 4 is 17.4 Å². The van der Waals surface area contributed by atoms with Crippen molar-refractivity contribution in [1.29, 1.82) is 0 Å². The van der Waals surface area contributed by atoms with E-state index in [0.717, 1.165) is 0 Å². The summed E-state index contributed by atoms with van der Waals surface area (Å²) in [4.78, 5) is 3.93. The van der Waals surface area contributed by atoms with Crippen molar-refractivity contribution < 1.29 is 14.3 Å². The average Bonchev–Trinajstić information content (AvgIpc) is 2.43. The van der Waals surface area contributed by atoms with Crippen LogP contribution in [0.3, 0.4) is 0 Å². The van der Waals surface area contributed by atoms with Crippen LogP contribution in [0.4, 0.5) is 4.39 Å². The van der Waals surface area contributed by atoms with E-state index in [1.54, 1.807) is 0 Å². The number of hydrogen-bond acceptors (Lipinski definition) is 4. The second-order valence-corrected chi connectivity index (χ2v) is 3.90. The van der Waals surface area contributed by atoms with E-state index in [4.69, 9.17) is 27.3 Å². The molecule has 1 aromatic heterocycles. The third-order valence-corrected chi connectivity index (χ3v) is 2.63. The zero-order chi connectivity index (χ0) is 13.8. The van der Waals surface area contributed by atoms with Gasteiger partial charge in [-0.25, -0.2) is 9.37 Å². The molecule has 0 spiro atoms. The van der Waals surface area contributed by atoms with Gasteiger partial charge in [-0.1, -0.05) is 16.8 Å². The van der Waals surface area contributed by atoms with Crippen molar-refractivity contribution in [3.05, 3.63) is 52.9 Å². The molecule has 0 atom stereocenters. The summed E-state index contributed by atoms with van der Waals surface area (Å²) in [6.07, 6.45) is 1.40. The van der Waals surface area contributed by atoms with Crippen molar-refractivity contribution in [2.24, 2.45) is 10.9 Å². The summed E-state index contributed by atoms with van der Waals surface area (Å²) in [5.41, 5.74) is 5.75. The first-order chi connectivity index (χ1) is 9.11. The summed E-state index contributed by atoms with van der Waals surface area (Å²) in [5.74, 6) is -0.0852. The fourth-order valence-electron chi connectivity index (χ4n) is 1.36. The number of nitrogens with zero attached hydrogens (tertiary/aromatic N) is 2. The van der Waals surface area contributed by atoms with Crippen LogP contribution in [0.15, 0.2) is 41.7 Å². The molecule has 19 heavy (non-hydrogen) atoms. The average molecular weight is 282 g/mol. The van der Waals surface area contributed by atoms with Gasteiger partial charge in [0.15, 0.2) is 5.84 Å². The largest absolute Gasteiger partial charge is 0.438 e. The number of halogens is 2. The molecular weight excluding hydrogens is 273 g/mol. The number of rotatable bonds is 3. The number of hydrogen-bond donors (Lipinski definition) is 2. The molecule has 0 aliphatic heterocycles. The first-order valence-corrected chi connectivity index (χ1v) is 5.55. The molecule has 3 N–H and O–H groups in total. The zero-order valence-corrected chi connectivity index (χ0v) is 10.3. The molecule has 0 aliphatic rings. The molecule has 0 aliphatic carbocycles. The van der Waals surface area contributed by atoms with Crippen LogP contribution in [-0.2, 0) is 0 Å². The predicted molar refractivity (Wildman–Crippen MR) is 68.2 cm³/mol. The van der Waals surface area contributed by atoms with Crippen LogP contribution in [0.1, 0.15) is 5.56 Å². The van der Waals surface area contributed by atoms with Crippen LogP contribution >= 0.6 is 11.6 Å². The number of oxime groups is 1. The van der Waals surface area contributed by atoms with Gasteiger partial charge in [-0.2, -0.15) is 0 Å². The Morgan fingerprint density at radius 3 is 2.63 bits per heavy atom. The van der Waals surface area contributed by atoms with E-state index in [1.165, 1.54) is 36.5 Å². The van der Waals surface area contributed by atoms with Crippen LogP contribution < -0.4 is 10.5 Å². The lowest BCUT2D eigenvalue weighted by Crippen LogP contribution is -2.14. The van der Waals surface area contributed by atoms with Crippen LogP contribution in [0.2, 0.25) is 5.02 Å². The third kappa shape index (κ3) is 2.92. The van der Waals surface area contributed by atoms with E-state index < -0.39 is 0 Å². The molecule has 0 radical (unpaired) electrons. The maximum Gasteiger partial charge on any atom is 0.238 e. The Balaban J connectivity index is 2.33. The summed E-state index contributed by atoms with van der Waals surface area (Å²) < 4.78 is 18.2. The van der Waals surface area contributed by atoms with Crippen LogP contribution in [-0.4, -0.2) is 16.0 Å². The number of benzene rings is 1. The normalized spacial score (nSPS) is 11.4. The number of amidine groups is 1. The Kier molecular flexibility index (Phi) is 3.82. The molecule has 0 amide bonds. The fourth-order valence-corrected chi connectivity index (χ4v) is 1.61. The second kappa shape index (κ2) is 5.53. The molecule has 5 nitrogen and oxygen atoms in total. The number of nitrogens with two attached hydrogens (primary N) is 1. The summed E-state index contributed by atoms with van der Waals surface area (Å²) in [5, 5.41) is 11.6. The van der Waals surface area contributed by atoms with E-state index in [-0.39, 0.29) is 28.1 Å². The Bertz CT molecular complexity index is 617. The molecule has 2 aromatic rings. The lowest BCUT2D eigenvalue weighted by atomic mass is 10.2. The van der Waals surface area contributed by atoms with E-state index in [1.807, 2.05) is 0 Å². The van der Waals surface area contributed by atoms with Crippen molar-refractivity contribution in [2.75, 3.05) is 0 Å². The third-order valence-electron chi connectivity index (χ3n) is 2.27. The lowest BCUT2D eigenvalue weighted by Gasteiger charge is -2.08. The van der Waals surface area contributed by atoms with E-state index in [2.05, 4.69) is 10.1 Å². The maximum absolute atomic E-state index is 12.8. The highest BCUT2D eigenvalue weighted by Gasteiger charge is 2.12. The van der Waals surface area contributed by atoms with Gasteiger partial charge in [-0.05, 0) is 30.3 Å². The number of pyridine rings is 1. The summed E-state index contributed by atoms with van der Waals surface area (Å²) in [7, 11) is 0. The van der Waals surface area contributed by atoms with Crippen LogP contribution in [0.5, 0.6) is 11.6 Å².